The van der Waals surface area contributed by atoms with Crippen LogP contribution in [0.25, 0.3) is 0 Å². The summed E-state index contributed by atoms with van der Waals surface area (Å²) in [6.45, 7) is 5.37. The molecule has 0 bridgehead atoms. The van der Waals surface area contributed by atoms with Crippen LogP contribution >= 0.6 is 0 Å². The molecule has 0 saturated heterocycles. The molecule has 2 unspecified atom stereocenters. The van der Waals surface area contributed by atoms with E-state index in [1.165, 1.54) is 0 Å². The average Bonchev–Trinajstić information content (AvgIpc) is 2.27. The maximum atomic E-state index is 11.9. The molecule has 0 radical (unpaired) electrons. The zero-order chi connectivity index (χ0) is 14.7. The lowest BCUT2D eigenvalue weighted by molar-refractivity contribution is -0.146. The van der Waals surface area contributed by atoms with Gasteiger partial charge in [-0.15, -0.1) is 6.42 Å². The van der Waals surface area contributed by atoms with Crippen LogP contribution in [-0.2, 0) is 4.79 Å². The number of amides is 2. The zero-order valence-corrected chi connectivity index (χ0v) is 11.7. The third-order valence-electron chi connectivity index (χ3n) is 3.55. The molecule has 1 fully saturated rings. The van der Waals surface area contributed by atoms with E-state index in [1.807, 2.05) is 6.92 Å². The summed E-state index contributed by atoms with van der Waals surface area (Å²) < 4.78 is 0. The standard InChI is InChI=1S/C14H22N2O3/c1-5-13(3,4)15-12(19)16-14(11(17)18)8-6-7-10(2)9-14/h1,10H,6-9H2,2-4H3,(H,17,18)(H2,15,16,19). The fraction of sp³-hybridized carbons (Fsp3) is 0.714. The van der Waals surface area contributed by atoms with E-state index in [0.29, 0.717) is 12.8 Å². The summed E-state index contributed by atoms with van der Waals surface area (Å²) in [4.78, 5) is 23.4. The van der Waals surface area contributed by atoms with E-state index < -0.39 is 23.1 Å². The number of rotatable bonds is 3. The van der Waals surface area contributed by atoms with Gasteiger partial charge in [-0.3, -0.25) is 0 Å². The van der Waals surface area contributed by atoms with Gasteiger partial charge >= 0.3 is 12.0 Å². The highest BCUT2D eigenvalue weighted by molar-refractivity contribution is 5.86. The van der Waals surface area contributed by atoms with E-state index in [0.717, 1.165) is 12.8 Å². The Labute approximate surface area is 114 Å². The van der Waals surface area contributed by atoms with Crippen LogP contribution in [0.5, 0.6) is 0 Å². The molecule has 0 aromatic heterocycles. The molecule has 3 N–H and O–H groups in total. The van der Waals surface area contributed by atoms with Crippen LogP contribution in [0, 0.1) is 18.3 Å². The molecular formula is C14H22N2O3. The normalized spacial score (nSPS) is 27.2. The van der Waals surface area contributed by atoms with Crippen molar-refractivity contribution in [2.75, 3.05) is 0 Å². The molecule has 0 heterocycles. The Hall–Kier alpha value is -1.70. The van der Waals surface area contributed by atoms with Crippen LogP contribution in [0.15, 0.2) is 0 Å². The SMILES string of the molecule is C#CC(C)(C)NC(=O)NC1(C(=O)O)CCCC(C)C1. The molecule has 0 aliphatic heterocycles. The van der Waals surface area contributed by atoms with Gasteiger partial charge in [-0.25, -0.2) is 9.59 Å². The Kier molecular flexibility index (Phi) is 4.46. The molecule has 1 aliphatic carbocycles. The summed E-state index contributed by atoms with van der Waals surface area (Å²) >= 11 is 0. The first-order valence-electron chi connectivity index (χ1n) is 6.52. The molecule has 0 aromatic rings. The predicted octanol–water partition coefficient (Wildman–Crippen LogP) is 1.73. The number of urea groups is 1. The molecule has 2 atom stereocenters. The zero-order valence-electron chi connectivity index (χ0n) is 11.7. The van der Waals surface area contributed by atoms with Crippen molar-refractivity contribution in [2.24, 2.45) is 5.92 Å². The molecule has 2 amide bonds. The van der Waals surface area contributed by atoms with Crippen molar-refractivity contribution in [2.45, 2.75) is 57.5 Å². The number of hydrogen-bond acceptors (Lipinski definition) is 2. The highest BCUT2D eigenvalue weighted by Gasteiger charge is 2.43. The summed E-state index contributed by atoms with van der Waals surface area (Å²) in [7, 11) is 0. The maximum Gasteiger partial charge on any atom is 0.329 e. The van der Waals surface area contributed by atoms with Gasteiger partial charge < -0.3 is 15.7 Å². The summed E-state index contributed by atoms with van der Waals surface area (Å²) in [5, 5.41) is 14.6. The largest absolute Gasteiger partial charge is 0.480 e. The Balaban J connectivity index is 2.78. The Bertz CT molecular complexity index is 411. The number of carboxylic acid groups (broad SMARTS) is 1. The molecular weight excluding hydrogens is 244 g/mol. The van der Waals surface area contributed by atoms with E-state index in [2.05, 4.69) is 16.6 Å². The second kappa shape index (κ2) is 5.52. The maximum absolute atomic E-state index is 11.9. The van der Waals surface area contributed by atoms with Gasteiger partial charge in [0.1, 0.15) is 5.54 Å². The monoisotopic (exact) mass is 266 g/mol. The second-order valence-corrected chi connectivity index (χ2v) is 5.94. The first-order chi connectivity index (χ1) is 8.71. The van der Waals surface area contributed by atoms with Gasteiger partial charge in [0, 0.05) is 0 Å². The third kappa shape index (κ3) is 3.88. The first kappa shape index (κ1) is 15.4. The van der Waals surface area contributed by atoms with E-state index in [4.69, 9.17) is 6.42 Å². The summed E-state index contributed by atoms with van der Waals surface area (Å²) in [5.41, 5.74) is -1.98. The van der Waals surface area contributed by atoms with Gasteiger partial charge in [-0.05, 0) is 32.6 Å². The van der Waals surface area contributed by atoms with Crippen molar-refractivity contribution >= 4 is 12.0 Å². The van der Waals surface area contributed by atoms with E-state index >= 15 is 0 Å². The molecule has 0 aromatic carbocycles. The van der Waals surface area contributed by atoms with Gasteiger partial charge in [0.05, 0.1) is 5.54 Å². The lowest BCUT2D eigenvalue weighted by Gasteiger charge is -2.37. The number of hydrogen-bond donors (Lipinski definition) is 3. The van der Waals surface area contributed by atoms with Crippen molar-refractivity contribution < 1.29 is 14.7 Å². The van der Waals surface area contributed by atoms with Gasteiger partial charge in [-0.1, -0.05) is 25.7 Å². The molecule has 1 aliphatic rings. The Morgan fingerprint density at radius 3 is 2.58 bits per heavy atom. The lowest BCUT2D eigenvalue weighted by atomic mass is 9.76. The first-order valence-corrected chi connectivity index (χ1v) is 6.52. The number of carbonyl (C=O) groups is 2. The number of nitrogens with one attached hydrogen (secondary N) is 2. The fourth-order valence-corrected chi connectivity index (χ4v) is 2.48. The van der Waals surface area contributed by atoms with Crippen molar-refractivity contribution in [1.82, 2.24) is 10.6 Å². The second-order valence-electron chi connectivity index (χ2n) is 5.94. The van der Waals surface area contributed by atoms with Crippen LogP contribution in [0.4, 0.5) is 4.79 Å². The molecule has 5 heteroatoms. The van der Waals surface area contributed by atoms with E-state index in [9.17, 15) is 14.7 Å². The van der Waals surface area contributed by atoms with Crippen LogP contribution in [-0.4, -0.2) is 28.2 Å². The lowest BCUT2D eigenvalue weighted by Crippen LogP contribution is -2.61. The number of carbonyl (C=O) groups excluding carboxylic acids is 1. The van der Waals surface area contributed by atoms with Crippen LogP contribution in [0.2, 0.25) is 0 Å². The minimum atomic E-state index is -1.17. The Morgan fingerprint density at radius 2 is 2.11 bits per heavy atom. The topological polar surface area (TPSA) is 78.4 Å². The molecule has 1 saturated carbocycles. The van der Waals surface area contributed by atoms with Crippen LogP contribution in [0.1, 0.15) is 46.5 Å². The molecule has 1 rings (SSSR count). The number of terminal acetylenes is 1. The summed E-state index contributed by atoms with van der Waals surface area (Å²) in [6.07, 6.45) is 7.99. The molecule has 106 valence electrons. The average molecular weight is 266 g/mol. The third-order valence-corrected chi connectivity index (χ3v) is 3.55. The van der Waals surface area contributed by atoms with Crippen LogP contribution in [0.3, 0.4) is 0 Å². The number of carboxylic acids is 1. The van der Waals surface area contributed by atoms with Crippen LogP contribution < -0.4 is 10.6 Å². The van der Waals surface area contributed by atoms with Gasteiger partial charge in [0.25, 0.3) is 0 Å². The fourth-order valence-electron chi connectivity index (χ4n) is 2.48. The molecule has 5 nitrogen and oxygen atoms in total. The van der Waals surface area contributed by atoms with E-state index in [1.54, 1.807) is 13.8 Å². The number of aliphatic carboxylic acids is 1. The van der Waals surface area contributed by atoms with Crippen molar-refractivity contribution in [3.63, 3.8) is 0 Å². The van der Waals surface area contributed by atoms with Gasteiger partial charge in [-0.2, -0.15) is 0 Å². The highest BCUT2D eigenvalue weighted by Crippen LogP contribution is 2.32. The minimum absolute atomic E-state index is 0.283. The van der Waals surface area contributed by atoms with Gasteiger partial charge in [0.15, 0.2) is 0 Å². The molecule has 0 spiro atoms. The smallest absolute Gasteiger partial charge is 0.329 e. The minimum Gasteiger partial charge on any atom is -0.480 e. The van der Waals surface area contributed by atoms with Crippen molar-refractivity contribution in [3.05, 3.63) is 0 Å². The predicted molar refractivity (Wildman–Crippen MR) is 72.6 cm³/mol. The van der Waals surface area contributed by atoms with E-state index in [-0.39, 0.29) is 5.92 Å². The summed E-state index contributed by atoms with van der Waals surface area (Å²) in [5.74, 6) is 1.74. The van der Waals surface area contributed by atoms with Crippen molar-refractivity contribution in [1.29, 1.82) is 0 Å². The highest BCUT2D eigenvalue weighted by atomic mass is 16.4. The Morgan fingerprint density at radius 1 is 1.47 bits per heavy atom. The van der Waals surface area contributed by atoms with Crippen molar-refractivity contribution in [3.8, 4) is 12.3 Å². The quantitative estimate of drug-likeness (QED) is 0.681. The van der Waals surface area contributed by atoms with Gasteiger partial charge in [0.2, 0.25) is 0 Å². The molecule has 19 heavy (non-hydrogen) atoms. The summed E-state index contributed by atoms with van der Waals surface area (Å²) in [6, 6.07) is -0.528.